The second kappa shape index (κ2) is 3.59. The summed E-state index contributed by atoms with van der Waals surface area (Å²) < 4.78 is 1.16. The first kappa shape index (κ1) is 10.3. The van der Waals surface area contributed by atoms with E-state index in [1.807, 2.05) is 6.07 Å². The third-order valence-corrected chi connectivity index (χ3v) is 4.88. The molecule has 1 saturated heterocycles. The number of hydrogen-bond donors (Lipinski definition) is 1. The van der Waals surface area contributed by atoms with Gasteiger partial charge in [-0.05, 0) is 30.9 Å². The highest BCUT2D eigenvalue weighted by molar-refractivity contribution is 9.10. The first-order valence-corrected chi connectivity index (χ1v) is 6.52. The van der Waals surface area contributed by atoms with Gasteiger partial charge in [0.25, 0.3) is 0 Å². The molecule has 0 bridgehead atoms. The molecule has 1 aliphatic heterocycles. The zero-order valence-electron chi connectivity index (χ0n) is 9.00. The van der Waals surface area contributed by atoms with E-state index in [2.05, 4.69) is 39.4 Å². The van der Waals surface area contributed by atoms with Gasteiger partial charge in [-0.15, -0.1) is 0 Å². The van der Waals surface area contributed by atoms with Crippen molar-refractivity contribution < 1.29 is 4.79 Å². The highest BCUT2D eigenvalue weighted by atomic mass is 79.9. The third-order valence-electron chi connectivity index (χ3n) is 4.10. The average Bonchev–Trinajstić information content (AvgIpc) is 2.44. The summed E-state index contributed by atoms with van der Waals surface area (Å²) >= 11 is 3.58. The molecule has 84 valence electrons. The van der Waals surface area contributed by atoms with Crippen molar-refractivity contribution in [3.63, 3.8) is 0 Å². The number of carbonyl (C=O) groups is 1. The molecule has 1 aliphatic carbocycles. The Kier molecular flexibility index (Phi) is 2.32. The van der Waals surface area contributed by atoms with Gasteiger partial charge in [0.2, 0.25) is 5.91 Å². The van der Waals surface area contributed by atoms with Gasteiger partial charge >= 0.3 is 0 Å². The van der Waals surface area contributed by atoms with Crippen LogP contribution < -0.4 is 5.32 Å². The normalized spacial score (nSPS) is 31.8. The molecule has 2 aliphatic rings. The van der Waals surface area contributed by atoms with Crippen molar-refractivity contribution in [3.8, 4) is 0 Å². The summed E-state index contributed by atoms with van der Waals surface area (Å²) in [5.41, 5.74) is 1.53. The first-order valence-electron chi connectivity index (χ1n) is 5.72. The number of carbonyl (C=O) groups excluding carboxylic acids is 1. The van der Waals surface area contributed by atoms with Crippen LogP contribution in [0.5, 0.6) is 0 Å². The predicted molar refractivity (Wildman–Crippen MR) is 66.0 cm³/mol. The van der Waals surface area contributed by atoms with E-state index in [0.29, 0.717) is 0 Å². The van der Waals surface area contributed by atoms with Gasteiger partial charge in [-0.3, -0.25) is 4.79 Å². The second-order valence-electron chi connectivity index (χ2n) is 4.94. The Bertz CT molecular complexity index is 445. The number of benzene rings is 1. The van der Waals surface area contributed by atoms with E-state index in [1.165, 1.54) is 12.0 Å². The van der Waals surface area contributed by atoms with Gasteiger partial charge in [-0.1, -0.05) is 34.1 Å². The Balaban J connectivity index is 1.86. The van der Waals surface area contributed by atoms with Crippen molar-refractivity contribution in [3.05, 3.63) is 34.3 Å². The number of nitrogens with one attached hydrogen (secondary N) is 1. The fourth-order valence-electron chi connectivity index (χ4n) is 3.00. The average molecular weight is 280 g/mol. The van der Waals surface area contributed by atoms with Crippen molar-refractivity contribution in [1.29, 1.82) is 0 Å². The van der Waals surface area contributed by atoms with Crippen LogP contribution in [0.2, 0.25) is 0 Å². The number of amides is 1. The standard InChI is InChI=1S/C13H14BrNO/c14-11-4-2-1-3-9(11)7-13-6-5-10(13)12(16)15-8-13/h1-4,10H,5-8H2,(H,15,16). The zero-order chi connectivity index (χ0) is 11.2. The maximum atomic E-state index is 11.6. The number of halogens is 1. The molecule has 2 atom stereocenters. The predicted octanol–water partition coefficient (Wildman–Crippen LogP) is 2.52. The van der Waals surface area contributed by atoms with Gasteiger partial charge in [0.05, 0.1) is 0 Å². The van der Waals surface area contributed by atoms with Gasteiger partial charge in [0.15, 0.2) is 0 Å². The van der Waals surface area contributed by atoms with Crippen LogP contribution in [0.3, 0.4) is 0 Å². The SMILES string of the molecule is O=C1NCC2(Cc3ccccc3Br)CCC12. The number of hydrogen-bond acceptors (Lipinski definition) is 1. The van der Waals surface area contributed by atoms with E-state index in [-0.39, 0.29) is 17.2 Å². The van der Waals surface area contributed by atoms with Crippen LogP contribution >= 0.6 is 15.9 Å². The molecule has 0 spiro atoms. The van der Waals surface area contributed by atoms with Crippen molar-refractivity contribution in [2.24, 2.45) is 11.3 Å². The van der Waals surface area contributed by atoms with Crippen LogP contribution in [0, 0.1) is 11.3 Å². The Hall–Kier alpha value is -0.830. The molecular formula is C13H14BrNO. The van der Waals surface area contributed by atoms with Crippen molar-refractivity contribution >= 4 is 21.8 Å². The topological polar surface area (TPSA) is 29.1 Å². The lowest BCUT2D eigenvalue weighted by Gasteiger charge is -2.42. The molecule has 3 heteroatoms. The molecule has 1 aromatic rings. The second-order valence-corrected chi connectivity index (χ2v) is 5.79. The molecule has 3 rings (SSSR count). The lowest BCUT2D eigenvalue weighted by molar-refractivity contribution is -0.127. The molecule has 1 aromatic carbocycles. The van der Waals surface area contributed by atoms with E-state index in [1.54, 1.807) is 0 Å². The molecule has 2 unspecified atom stereocenters. The molecule has 0 radical (unpaired) electrons. The van der Waals surface area contributed by atoms with Crippen LogP contribution in [-0.4, -0.2) is 12.5 Å². The zero-order valence-corrected chi connectivity index (χ0v) is 10.6. The Morgan fingerprint density at radius 1 is 1.44 bits per heavy atom. The van der Waals surface area contributed by atoms with Crippen LogP contribution in [-0.2, 0) is 11.2 Å². The van der Waals surface area contributed by atoms with Crippen molar-refractivity contribution in [2.75, 3.05) is 6.54 Å². The van der Waals surface area contributed by atoms with E-state index in [4.69, 9.17) is 0 Å². The minimum atomic E-state index is 0.209. The molecule has 0 aromatic heterocycles. The van der Waals surface area contributed by atoms with Crippen LogP contribution in [0.1, 0.15) is 18.4 Å². The van der Waals surface area contributed by atoms with Crippen LogP contribution in [0.4, 0.5) is 0 Å². The summed E-state index contributed by atoms with van der Waals surface area (Å²) in [6.07, 6.45) is 3.26. The van der Waals surface area contributed by atoms with Gasteiger partial charge < -0.3 is 5.32 Å². The van der Waals surface area contributed by atoms with Gasteiger partial charge in [-0.2, -0.15) is 0 Å². The quantitative estimate of drug-likeness (QED) is 0.886. The summed E-state index contributed by atoms with van der Waals surface area (Å²) in [6.45, 7) is 0.859. The maximum absolute atomic E-state index is 11.6. The fraction of sp³-hybridized carbons (Fsp3) is 0.462. The summed E-state index contributed by atoms with van der Waals surface area (Å²) in [7, 11) is 0. The largest absolute Gasteiger partial charge is 0.355 e. The summed E-state index contributed by atoms with van der Waals surface area (Å²) in [5.74, 6) is 0.526. The monoisotopic (exact) mass is 279 g/mol. The Morgan fingerprint density at radius 3 is 2.88 bits per heavy atom. The summed E-state index contributed by atoms with van der Waals surface area (Å²) in [5, 5.41) is 3.01. The number of fused-ring (bicyclic) bond motifs is 1. The van der Waals surface area contributed by atoms with Gasteiger partial charge in [0.1, 0.15) is 0 Å². The summed E-state index contributed by atoms with van der Waals surface area (Å²) in [6, 6.07) is 8.32. The van der Waals surface area contributed by atoms with Crippen LogP contribution in [0.25, 0.3) is 0 Å². The van der Waals surface area contributed by atoms with Crippen LogP contribution in [0.15, 0.2) is 28.7 Å². The summed E-state index contributed by atoms with van der Waals surface area (Å²) in [4.78, 5) is 11.6. The highest BCUT2D eigenvalue weighted by Gasteiger charge is 2.54. The lowest BCUT2D eigenvalue weighted by Crippen LogP contribution is -2.42. The smallest absolute Gasteiger partial charge is 0.223 e. The molecule has 16 heavy (non-hydrogen) atoms. The minimum Gasteiger partial charge on any atom is -0.355 e. The fourth-order valence-corrected chi connectivity index (χ4v) is 3.42. The third kappa shape index (κ3) is 1.41. The Labute approximate surface area is 104 Å². The van der Waals surface area contributed by atoms with Gasteiger partial charge in [-0.25, -0.2) is 0 Å². The van der Waals surface area contributed by atoms with E-state index in [9.17, 15) is 4.79 Å². The van der Waals surface area contributed by atoms with E-state index in [0.717, 1.165) is 23.9 Å². The van der Waals surface area contributed by atoms with Crippen molar-refractivity contribution in [2.45, 2.75) is 19.3 Å². The lowest BCUT2D eigenvalue weighted by atomic mass is 9.59. The molecule has 2 fully saturated rings. The molecule has 1 N–H and O–H groups in total. The minimum absolute atomic E-state index is 0.209. The molecule has 1 saturated carbocycles. The van der Waals surface area contributed by atoms with E-state index < -0.39 is 0 Å². The molecule has 1 amide bonds. The maximum Gasteiger partial charge on any atom is 0.223 e. The van der Waals surface area contributed by atoms with Crippen molar-refractivity contribution in [1.82, 2.24) is 5.32 Å². The highest BCUT2D eigenvalue weighted by Crippen LogP contribution is 2.52. The molecular weight excluding hydrogens is 266 g/mol. The Morgan fingerprint density at radius 2 is 2.25 bits per heavy atom. The molecule has 2 nitrogen and oxygen atoms in total. The molecule has 1 heterocycles. The van der Waals surface area contributed by atoms with E-state index >= 15 is 0 Å². The van der Waals surface area contributed by atoms with Gasteiger partial charge in [0, 0.05) is 22.4 Å². The first-order chi connectivity index (χ1) is 7.71. The number of rotatable bonds is 2.